The van der Waals surface area contributed by atoms with Crippen LogP contribution in [0.25, 0.3) is 0 Å². The molecule has 0 amide bonds. The van der Waals surface area contributed by atoms with Gasteiger partial charge in [-0.3, -0.25) is 0 Å². The number of allylic oxidation sites excluding steroid dienone is 1. The Balaban J connectivity index is 1.14. The lowest BCUT2D eigenvalue weighted by molar-refractivity contribution is -0.291. The molecule has 0 unspecified atom stereocenters. The summed E-state index contributed by atoms with van der Waals surface area (Å²) in [6, 6.07) is 0. The van der Waals surface area contributed by atoms with Crippen molar-refractivity contribution in [1.29, 1.82) is 0 Å². The second kappa shape index (κ2) is 11.5. The van der Waals surface area contributed by atoms with Gasteiger partial charge in [-0.2, -0.15) is 8.78 Å². The van der Waals surface area contributed by atoms with Crippen LogP contribution in [0.5, 0.6) is 0 Å². The lowest BCUT2D eigenvalue weighted by Gasteiger charge is -2.42. The van der Waals surface area contributed by atoms with Gasteiger partial charge in [-0.25, -0.2) is 0 Å². The molecule has 0 N–H and O–H groups in total. The van der Waals surface area contributed by atoms with E-state index in [0.717, 1.165) is 64.1 Å². The van der Waals surface area contributed by atoms with Crippen molar-refractivity contribution in [3.05, 3.63) is 12.2 Å². The molecule has 31 heavy (non-hydrogen) atoms. The third kappa shape index (κ3) is 6.49. The van der Waals surface area contributed by atoms with Gasteiger partial charge in [0.1, 0.15) is 0 Å². The first-order valence-corrected chi connectivity index (χ1v) is 12.6. The van der Waals surface area contributed by atoms with Crippen molar-refractivity contribution in [2.45, 2.75) is 83.7 Å². The molecule has 2 aliphatic heterocycles. The second-order valence-corrected chi connectivity index (χ2v) is 10.3. The minimum absolute atomic E-state index is 0.0872. The average Bonchev–Trinajstić information content (AvgIpc) is 2.80. The molecule has 4 rings (SSSR count). The van der Waals surface area contributed by atoms with Crippen LogP contribution in [-0.4, -0.2) is 39.0 Å². The summed E-state index contributed by atoms with van der Waals surface area (Å²) >= 11 is 0. The minimum atomic E-state index is -1.51. The Morgan fingerprint density at radius 2 is 1.16 bits per heavy atom. The molecule has 0 radical (unpaired) electrons. The largest absolute Gasteiger partial charge is 0.352 e. The van der Waals surface area contributed by atoms with Gasteiger partial charge in [-0.1, -0.05) is 13.3 Å². The summed E-state index contributed by atoms with van der Waals surface area (Å²) in [7, 11) is 0. The highest BCUT2D eigenvalue weighted by Crippen LogP contribution is 2.43. The van der Waals surface area contributed by atoms with Crippen molar-refractivity contribution in [1.82, 2.24) is 0 Å². The summed E-state index contributed by atoms with van der Waals surface area (Å²) in [4.78, 5) is 0. The van der Waals surface area contributed by atoms with Crippen LogP contribution in [0.15, 0.2) is 12.2 Å². The van der Waals surface area contributed by atoms with E-state index in [2.05, 4.69) is 6.92 Å². The van der Waals surface area contributed by atoms with Crippen LogP contribution in [0.4, 0.5) is 8.78 Å². The Kier molecular flexibility index (Phi) is 8.78. The predicted molar refractivity (Wildman–Crippen MR) is 114 cm³/mol. The molecule has 178 valence electrons. The van der Waals surface area contributed by atoms with E-state index in [4.69, 9.17) is 18.9 Å². The maximum atomic E-state index is 12.5. The molecule has 2 saturated heterocycles. The zero-order valence-electron chi connectivity index (χ0n) is 19.0. The van der Waals surface area contributed by atoms with Crippen LogP contribution in [0.1, 0.15) is 71.1 Å². The molecule has 0 aromatic heterocycles. The Morgan fingerprint density at radius 3 is 1.71 bits per heavy atom. The number of halogens is 2. The zero-order valence-corrected chi connectivity index (χ0v) is 19.0. The SMILES string of the molecule is CCCC1COC(C2COC(C3CCC(C4CCC(C=C(F)F)CC4)CC3)OC2)OC1. The van der Waals surface area contributed by atoms with Crippen molar-refractivity contribution in [2.24, 2.45) is 35.5 Å². The molecule has 0 aromatic carbocycles. The Morgan fingerprint density at radius 1 is 0.677 bits per heavy atom. The van der Waals surface area contributed by atoms with E-state index in [1.165, 1.54) is 25.3 Å². The van der Waals surface area contributed by atoms with Crippen LogP contribution >= 0.6 is 0 Å². The number of hydrogen-bond donors (Lipinski definition) is 0. The molecule has 0 aromatic rings. The predicted octanol–water partition coefficient (Wildman–Crippen LogP) is 6.16. The number of rotatable bonds is 6. The summed E-state index contributed by atoms with van der Waals surface area (Å²) in [6.07, 6.45) is 10.5. The van der Waals surface area contributed by atoms with Gasteiger partial charge < -0.3 is 18.9 Å². The van der Waals surface area contributed by atoms with Crippen LogP contribution in [0.3, 0.4) is 0 Å². The lowest BCUT2D eigenvalue weighted by atomic mass is 9.69. The fraction of sp³-hybridized carbons (Fsp3) is 0.920. The van der Waals surface area contributed by atoms with Crippen LogP contribution in [0.2, 0.25) is 0 Å². The standard InChI is InChI=1S/C25H40F2O4/c1-2-3-18-13-28-25(29-14-18)22-15-30-24(31-16-22)21-10-8-20(9-11-21)19-6-4-17(5-7-19)12-23(26)27/h12,17-22,24-25H,2-11,13-16H2,1H3. The van der Waals surface area contributed by atoms with Gasteiger partial charge in [0.25, 0.3) is 6.08 Å². The molecule has 6 heteroatoms. The van der Waals surface area contributed by atoms with E-state index in [1.807, 2.05) is 0 Å². The van der Waals surface area contributed by atoms with E-state index >= 15 is 0 Å². The van der Waals surface area contributed by atoms with E-state index in [0.29, 0.717) is 31.0 Å². The smallest absolute Gasteiger partial charge is 0.266 e. The first-order valence-electron chi connectivity index (χ1n) is 12.6. The Bertz CT molecular complexity index is 550. The van der Waals surface area contributed by atoms with Crippen LogP contribution in [0, 0.1) is 35.5 Å². The van der Waals surface area contributed by atoms with Crippen LogP contribution < -0.4 is 0 Å². The first-order chi connectivity index (χ1) is 15.1. The average molecular weight is 443 g/mol. The Labute approximate surface area is 186 Å². The molecule has 2 aliphatic carbocycles. The summed E-state index contributed by atoms with van der Waals surface area (Å²) < 4.78 is 49.1. The van der Waals surface area contributed by atoms with Crippen molar-refractivity contribution >= 4 is 0 Å². The number of ether oxygens (including phenoxy) is 4. The fourth-order valence-electron chi connectivity index (χ4n) is 6.22. The van der Waals surface area contributed by atoms with E-state index in [1.54, 1.807) is 0 Å². The Hall–Kier alpha value is -0.560. The highest BCUT2D eigenvalue weighted by molar-refractivity contribution is 4.92. The zero-order chi connectivity index (χ0) is 21.6. The van der Waals surface area contributed by atoms with Gasteiger partial charge >= 0.3 is 0 Å². The quantitative estimate of drug-likeness (QED) is 0.494. The van der Waals surface area contributed by atoms with Gasteiger partial charge in [0.05, 0.1) is 32.3 Å². The highest BCUT2D eigenvalue weighted by Gasteiger charge is 2.38. The monoisotopic (exact) mass is 442 g/mol. The first kappa shape index (κ1) is 23.6. The van der Waals surface area contributed by atoms with Crippen LogP contribution in [-0.2, 0) is 18.9 Å². The molecule has 4 nitrogen and oxygen atoms in total. The fourth-order valence-corrected chi connectivity index (χ4v) is 6.22. The minimum Gasteiger partial charge on any atom is -0.352 e. The maximum absolute atomic E-state index is 12.5. The summed E-state index contributed by atoms with van der Waals surface area (Å²) in [5, 5.41) is 0. The normalized spacial score (nSPS) is 42.2. The molecular weight excluding hydrogens is 402 g/mol. The topological polar surface area (TPSA) is 36.9 Å². The summed E-state index contributed by atoms with van der Waals surface area (Å²) in [6.45, 7) is 5.06. The van der Waals surface area contributed by atoms with Crippen molar-refractivity contribution in [3.63, 3.8) is 0 Å². The summed E-state index contributed by atoms with van der Waals surface area (Å²) in [5.41, 5.74) is 0. The second-order valence-electron chi connectivity index (χ2n) is 10.3. The van der Waals surface area contributed by atoms with Gasteiger partial charge in [0.2, 0.25) is 0 Å². The molecule has 0 bridgehead atoms. The maximum Gasteiger partial charge on any atom is 0.266 e. The third-order valence-electron chi connectivity index (χ3n) is 8.07. The molecule has 2 saturated carbocycles. The van der Waals surface area contributed by atoms with E-state index in [-0.39, 0.29) is 24.4 Å². The number of hydrogen-bond acceptors (Lipinski definition) is 4. The van der Waals surface area contributed by atoms with Crippen molar-refractivity contribution < 1.29 is 27.7 Å². The highest BCUT2D eigenvalue weighted by atomic mass is 19.3. The molecule has 4 fully saturated rings. The third-order valence-corrected chi connectivity index (χ3v) is 8.07. The van der Waals surface area contributed by atoms with Gasteiger partial charge in [0, 0.05) is 11.8 Å². The van der Waals surface area contributed by atoms with E-state index in [9.17, 15) is 8.78 Å². The molecule has 0 atom stereocenters. The van der Waals surface area contributed by atoms with Gasteiger partial charge in [0.15, 0.2) is 12.6 Å². The molecule has 0 spiro atoms. The summed E-state index contributed by atoms with van der Waals surface area (Å²) in [5.74, 6) is 2.69. The molecule has 2 heterocycles. The van der Waals surface area contributed by atoms with Crippen molar-refractivity contribution in [3.8, 4) is 0 Å². The van der Waals surface area contributed by atoms with Crippen molar-refractivity contribution in [2.75, 3.05) is 26.4 Å². The molecular formula is C25H40F2O4. The van der Waals surface area contributed by atoms with E-state index < -0.39 is 6.08 Å². The lowest BCUT2D eigenvalue weighted by Crippen LogP contribution is -2.46. The van der Waals surface area contributed by atoms with Gasteiger partial charge in [-0.05, 0) is 81.6 Å². The van der Waals surface area contributed by atoms with Gasteiger partial charge in [-0.15, -0.1) is 0 Å². The molecule has 4 aliphatic rings.